The summed E-state index contributed by atoms with van der Waals surface area (Å²) in [6.07, 6.45) is 0.283. The van der Waals surface area contributed by atoms with Crippen molar-refractivity contribution in [2.24, 2.45) is 5.73 Å². The van der Waals surface area contributed by atoms with Gasteiger partial charge in [-0.3, -0.25) is 0 Å². The van der Waals surface area contributed by atoms with Gasteiger partial charge in [0, 0.05) is 12.1 Å². The minimum Gasteiger partial charge on any atom is -0.473 e. The van der Waals surface area contributed by atoms with E-state index in [1.807, 2.05) is 81.4 Å². The fourth-order valence-corrected chi connectivity index (χ4v) is 3.05. The Hall–Kier alpha value is -3.51. The molecule has 0 radical (unpaired) electrons. The molecule has 0 aliphatic rings. The number of amides is 1. The van der Waals surface area contributed by atoms with Crippen LogP contribution in [-0.2, 0) is 27.2 Å². The van der Waals surface area contributed by atoms with Crippen LogP contribution >= 0.6 is 0 Å². The number of ether oxygens (including phenoxy) is 1. The third kappa shape index (κ3) is 15.4. The first-order valence-corrected chi connectivity index (χ1v) is 10.8. The number of carbonyl (C=O) groups excluding carboxylic acids is 1. The molecule has 3 unspecified atom stereocenters. The number of aliphatic hydroxyl groups excluding tert-OH is 1. The molecule has 0 aromatic heterocycles. The largest absolute Gasteiger partial charge is 0.473 e. The molecule has 2 aromatic carbocycles. The lowest BCUT2D eigenvalue weighted by Gasteiger charge is -2.27. The zero-order valence-electron chi connectivity index (χ0n) is 20.7. The number of hydrogen-bond acceptors (Lipinski definition) is 6. The Kier molecular flexibility index (Phi) is 16.4. The first-order valence-electron chi connectivity index (χ1n) is 10.8. The van der Waals surface area contributed by atoms with Crippen molar-refractivity contribution in [2.45, 2.75) is 63.8 Å². The minimum atomic E-state index is -1.82. The quantitative estimate of drug-likeness (QED) is 0.321. The van der Waals surface area contributed by atoms with Gasteiger partial charge in [0.25, 0.3) is 0 Å². The van der Waals surface area contributed by atoms with E-state index < -0.39 is 35.8 Å². The van der Waals surface area contributed by atoms with Crippen LogP contribution in [0.4, 0.5) is 4.79 Å². The van der Waals surface area contributed by atoms with Crippen LogP contribution in [0.25, 0.3) is 0 Å². The second kappa shape index (κ2) is 17.0. The summed E-state index contributed by atoms with van der Waals surface area (Å²) < 4.78 is 5.38. The molecule has 0 spiro atoms. The van der Waals surface area contributed by atoms with Gasteiger partial charge in [-0.2, -0.15) is 0 Å². The van der Waals surface area contributed by atoms with E-state index in [9.17, 15) is 9.90 Å². The van der Waals surface area contributed by atoms with Crippen molar-refractivity contribution >= 4 is 18.0 Å². The number of carboxylic acids is 2. The van der Waals surface area contributed by atoms with Crippen molar-refractivity contribution in [3.05, 3.63) is 71.8 Å². The molecule has 10 N–H and O–H groups in total. The normalized spacial score (nSPS) is 12.7. The van der Waals surface area contributed by atoms with Gasteiger partial charge in [0.05, 0.1) is 6.10 Å². The molecule has 3 atom stereocenters. The van der Waals surface area contributed by atoms with Gasteiger partial charge in [-0.1, -0.05) is 60.7 Å². The molecule has 0 fully saturated rings. The van der Waals surface area contributed by atoms with E-state index in [0.29, 0.717) is 19.3 Å². The average molecular weight is 511 g/mol. The van der Waals surface area contributed by atoms with Gasteiger partial charge in [0.1, 0.15) is 5.60 Å². The lowest BCUT2D eigenvalue weighted by Crippen LogP contribution is -2.46. The first kappa shape index (κ1) is 34.7. The van der Waals surface area contributed by atoms with E-state index in [1.165, 1.54) is 0 Å². The highest BCUT2D eigenvalue weighted by Crippen LogP contribution is 2.14. The average Bonchev–Trinajstić information content (AvgIpc) is 2.74. The fourth-order valence-electron chi connectivity index (χ4n) is 3.05. The van der Waals surface area contributed by atoms with Gasteiger partial charge in [-0.25, -0.2) is 14.4 Å². The SMILES string of the molecule is CC(C)(C)OC(=O)NC(Cc1ccccc1)CC(O)C(N)Cc1ccccc1.O.O.O=C(O)C(=O)O. The van der Waals surface area contributed by atoms with Crippen LogP contribution in [0.3, 0.4) is 0 Å². The molecule has 2 aromatic rings. The highest BCUT2D eigenvalue weighted by Gasteiger charge is 2.24. The van der Waals surface area contributed by atoms with E-state index in [0.717, 1.165) is 11.1 Å². The van der Waals surface area contributed by atoms with Crippen molar-refractivity contribution < 1.29 is 45.4 Å². The van der Waals surface area contributed by atoms with E-state index in [1.54, 1.807) is 0 Å². The molecule has 11 heteroatoms. The third-order valence-electron chi connectivity index (χ3n) is 4.56. The molecule has 36 heavy (non-hydrogen) atoms. The van der Waals surface area contributed by atoms with Crippen LogP contribution in [0.5, 0.6) is 0 Å². The number of alkyl carbamates (subject to hydrolysis) is 1. The Morgan fingerprint density at radius 3 is 1.67 bits per heavy atom. The maximum atomic E-state index is 12.3. The van der Waals surface area contributed by atoms with Crippen LogP contribution in [-0.4, -0.2) is 68.1 Å². The summed E-state index contributed by atoms with van der Waals surface area (Å²) >= 11 is 0. The van der Waals surface area contributed by atoms with Gasteiger partial charge >= 0.3 is 18.0 Å². The molecular weight excluding hydrogens is 472 g/mol. The standard InChI is InChI=1S/C23H32N2O3.C2H2O4.2H2O/c1-23(2,3)28-22(27)25-19(14-17-10-6-4-7-11-17)16-21(26)20(24)15-18-12-8-5-9-13-18;3-1(4)2(5)6;;/h4-13,19-21,26H,14-16,24H2,1-3H3,(H,25,27);(H,3,4)(H,5,6);2*1H2. The second-order valence-corrected chi connectivity index (χ2v) is 8.80. The Balaban J connectivity index is 0. The Labute approximate surface area is 210 Å². The monoisotopic (exact) mass is 510 g/mol. The van der Waals surface area contributed by atoms with Gasteiger partial charge in [-0.15, -0.1) is 0 Å². The number of aliphatic carboxylic acids is 2. The molecule has 0 saturated heterocycles. The number of carbonyl (C=O) groups is 3. The molecule has 0 bridgehead atoms. The summed E-state index contributed by atoms with van der Waals surface area (Å²) in [7, 11) is 0. The summed E-state index contributed by atoms with van der Waals surface area (Å²) in [4.78, 5) is 30.5. The Bertz CT molecular complexity index is 891. The zero-order valence-corrected chi connectivity index (χ0v) is 20.7. The van der Waals surface area contributed by atoms with Crippen molar-refractivity contribution in [2.75, 3.05) is 0 Å². The molecule has 0 heterocycles. The predicted molar refractivity (Wildman–Crippen MR) is 135 cm³/mol. The van der Waals surface area contributed by atoms with E-state index in [2.05, 4.69) is 5.32 Å². The molecule has 202 valence electrons. The molecule has 1 amide bonds. The van der Waals surface area contributed by atoms with Crippen LogP contribution in [0.1, 0.15) is 38.3 Å². The van der Waals surface area contributed by atoms with Crippen LogP contribution in [0.2, 0.25) is 0 Å². The second-order valence-electron chi connectivity index (χ2n) is 8.80. The molecule has 0 saturated carbocycles. The third-order valence-corrected chi connectivity index (χ3v) is 4.56. The fraction of sp³-hybridized carbons (Fsp3) is 0.400. The number of rotatable bonds is 8. The van der Waals surface area contributed by atoms with Crippen molar-refractivity contribution in [3.8, 4) is 0 Å². The molecule has 0 aliphatic carbocycles. The van der Waals surface area contributed by atoms with Gasteiger partial charge in [0.15, 0.2) is 0 Å². The smallest absolute Gasteiger partial charge is 0.414 e. The first-order chi connectivity index (χ1) is 15.9. The number of benzene rings is 2. The van der Waals surface area contributed by atoms with Crippen molar-refractivity contribution in [1.29, 1.82) is 0 Å². The molecular formula is C25H38N2O9. The van der Waals surface area contributed by atoms with Crippen LogP contribution < -0.4 is 11.1 Å². The van der Waals surface area contributed by atoms with Crippen molar-refractivity contribution in [3.63, 3.8) is 0 Å². The number of hydrogen-bond donors (Lipinski definition) is 5. The molecule has 0 aliphatic heterocycles. The minimum absolute atomic E-state index is 0. The summed E-state index contributed by atoms with van der Waals surface area (Å²) in [5.74, 6) is -3.65. The van der Waals surface area contributed by atoms with Crippen LogP contribution in [0, 0.1) is 0 Å². The summed E-state index contributed by atoms with van der Waals surface area (Å²) in [6, 6.07) is 19.0. The zero-order chi connectivity index (χ0) is 25.7. The predicted octanol–water partition coefficient (Wildman–Crippen LogP) is 0.950. The molecule has 2 rings (SSSR count). The lowest BCUT2D eigenvalue weighted by molar-refractivity contribution is -0.159. The number of carboxylic acid groups (broad SMARTS) is 2. The number of nitrogens with one attached hydrogen (secondary N) is 1. The van der Waals surface area contributed by atoms with Gasteiger partial charge < -0.3 is 42.1 Å². The summed E-state index contributed by atoms with van der Waals surface area (Å²) in [5, 5.41) is 28.3. The Morgan fingerprint density at radius 2 is 1.28 bits per heavy atom. The lowest BCUT2D eigenvalue weighted by atomic mass is 9.94. The highest BCUT2D eigenvalue weighted by molar-refractivity contribution is 6.27. The highest BCUT2D eigenvalue weighted by atomic mass is 16.6. The van der Waals surface area contributed by atoms with Gasteiger partial charge in [-0.05, 0) is 51.2 Å². The number of aliphatic hydroxyl groups is 1. The van der Waals surface area contributed by atoms with Crippen LogP contribution in [0.15, 0.2) is 60.7 Å². The van der Waals surface area contributed by atoms with Gasteiger partial charge in [0.2, 0.25) is 0 Å². The van der Waals surface area contributed by atoms with E-state index in [4.69, 9.17) is 30.3 Å². The Morgan fingerprint density at radius 1 is 0.861 bits per heavy atom. The number of nitrogens with two attached hydrogens (primary N) is 1. The summed E-state index contributed by atoms with van der Waals surface area (Å²) in [5.41, 5.74) is 7.80. The maximum absolute atomic E-state index is 12.3. The van der Waals surface area contributed by atoms with Crippen molar-refractivity contribution in [1.82, 2.24) is 5.32 Å². The van der Waals surface area contributed by atoms with E-state index >= 15 is 0 Å². The topological polar surface area (TPSA) is 222 Å². The van der Waals surface area contributed by atoms with E-state index in [-0.39, 0.29) is 17.0 Å². The summed E-state index contributed by atoms with van der Waals surface area (Å²) in [6.45, 7) is 5.47. The molecule has 11 nitrogen and oxygen atoms in total. The maximum Gasteiger partial charge on any atom is 0.414 e.